The topological polar surface area (TPSA) is 57.9 Å². The number of piperazine rings is 1. The fourth-order valence-electron chi connectivity index (χ4n) is 3.37. The molecule has 1 aromatic carbocycles. The van der Waals surface area contributed by atoms with E-state index in [4.69, 9.17) is 0 Å². The average molecular weight is 395 g/mol. The second kappa shape index (κ2) is 8.06. The molecule has 4 rings (SSSR count). The molecule has 1 aliphatic heterocycles. The predicted molar refractivity (Wildman–Crippen MR) is 109 cm³/mol. The average Bonchev–Trinajstić information content (AvgIpc) is 3.15. The molecule has 6 nitrogen and oxygen atoms in total. The summed E-state index contributed by atoms with van der Waals surface area (Å²) >= 11 is 1.63. The van der Waals surface area contributed by atoms with E-state index in [1.54, 1.807) is 23.6 Å². The highest BCUT2D eigenvalue weighted by Gasteiger charge is 2.24. The van der Waals surface area contributed by atoms with Gasteiger partial charge in [0, 0.05) is 56.1 Å². The summed E-state index contributed by atoms with van der Waals surface area (Å²) in [5, 5.41) is 0. The zero-order chi connectivity index (χ0) is 19.5. The first-order valence-electron chi connectivity index (χ1n) is 9.31. The van der Waals surface area contributed by atoms with Crippen LogP contribution in [0.1, 0.15) is 23.0 Å². The number of carbonyl (C=O) groups excluding carboxylic acids is 2. The second-order valence-electron chi connectivity index (χ2n) is 6.78. The molecule has 0 bridgehead atoms. The van der Waals surface area contributed by atoms with Crippen LogP contribution in [0.3, 0.4) is 0 Å². The molecule has 1 fully saturated rings. The molecule has 28 heavy (non-hydrogen) atoms. The van der Waals surface area contributed by atoms with E-state index >= 15 is 0 Å². The normalized spacial score (nSPS) is 14.5. The number of pyridine rings is 1. The van der Waals surface area contributed by atoms with E-state index in [2.05, 4.69) is 4.98 Å². The molecular weight excluding hydrogens is 372 g/mol. The Morgan fingerprint density at radius 3 is 2.46 bits per heavy atom. The fraction of sp³-hybridized carbons (Fsp3) is 0.286. The molecule has 3 heterocycles. The Bertz CT molecular complexity index is 975. The van der Waals surface area contributed by atoms with Crippen LogP contribution in [0.4, 0.5) is 0 Å². The molecule has 0 unspecified atom stereocenters. The maximum absolute atomic E-state index is 13.0. The monoisotopic (exact) mass is 394 g/mol. The van der Waals surface area contributed by atoms with Gasteiger partial charge in [0.2, 0.25) is 5.91 Å². The molecule has 0 aliphatic carbocycles. The molecule has 7 heteroatoms. The molecule has 2 aromatic heterocycles. The summed E-state index contributed by atoms with van der Waals surface area (Å²) in [7, 11) is 0. The Morgan fingerprint density at radius 2 is 1.71 bits per heavy atom. The van der Waals surface area contributed by atoms with Crippen molar-refractivity contribution in [3.63, 3.8) is 0 Å². The highest BCUT2D eigenvalue weighted by Crippen LogP contribution is 2.27. The second-order valence-corrected chi connectivity index (χ2v) is 7.80. The van der Waals surface area contributed by atoms with Gasteiger partial charge in [0.05, 0.1) is 11.3 Å². The van der Waals surface area contributed by atoms with Crippen LogP contribution in [-0.2, 0) is 10.5 Å². The molecule has 0 saturated carbocycles. The number of rotatable bonds is 4. The van der Waals surface area contributed by atoms with Crippen molar-refractivity contribution in [1.29, 1.82) is 0 Å². The minimum absolute atomic E-state index is 0.0290. The van der Waals surface area contributed by atoms with Gasteiger partial charge in [-0.3, -0.25) is 9.59 Å². The van der Waals surface area contributed by atoms with Crippen molar-refractivity contribution in [2.45, 2.75) is 17.6 Å². The van der Waals surface area contributed by atoms with Crippen LogP contribution in [0, 0.1) is 0 Å². The molecule has 1 aliphatic rings. The highest BCUT2D eigenvalue weighted by molar-refractivity contribution is 7.98. The molecule has 0 atom stereocenters. The van der Waals surface area contributed by atoms with Gasteiger partial charge in [0.15, 0.2) is 0 Å². The largest absolute Gasteiger partial charge is 0.339 e. The third-order valence-electron chi connectivity index (χ3n) is 4.92. The van der Waals surface area contributed by atoms with Crippen LogP contribution in [0.15, 0.2) is 59.8 Å². The molecule has 3 aromatic rings. The summed E-state index contributed by atoms with van der Waals surface area (Å²) in [5.41, 5.74) is 2.62. The van der Waals surface area contributed by atoms with Crippen LogP contribution in [0.25, 0.3) is 5.65 Å². The molecule has 0 radical (unpaired) electrons. The van der Waals surface area contributed by atoms with E-state index in [-0.39, 0.29) is 11.8 Å². The minimum Gasteiger partial charge on any atom is -0.339 e. The summed E-state index contributed by atoms with van der Waals surface area (Å²) in [5.74, 6) is 0.793. The van der Waals surface area contributed by atoms with Crippen molar-refractivity contribution in [2.75, 3.05) is 26.2 Å². The number of benzene rings is 1. The van der Waals surface area contributed by atoms with Crippen LogP contribution in [-0.4, -0.2) is 57.2 Å². The third kappa shape index (κ3) is 3.89. The number of aromatic nitrogens is 2. The number of thioether (sulfide) groups is 1. The van der Waals surface area contributed by atoms with Gasteiger partial charge in [-0.1, -0.05) is 18.2 Å². The lowest BCUT2D eigenvalue weighted by Crippen LogP contribution is -2.50. The van der Waals surface area contributed by atoms with Crippen molar-refractivity contribution < 1.29 is 9.59 Å². The van der Waals surface area contributed by atoms with E-state index in [0.717, 1.165) is 16.2 Å². The van der Waals surface area contributed by atoms with Gasteiger partial charge in [-0.2, -0.15) is 0 Å². The minimum atomic E-state index is 0.0290. The van der Waals surface area contributed by atoms with Gasteiger partial charge in [0.25, 0.3) is 5.91 Å². The number of hydrogen-bond acceptors (Lipinski definition) is 4. The molecule has 2 amide bonds. The molecular formula is C21H22N4O2S. The zero-order valence-electron chi connectivity index (χ0n) is 15.7. The maximum atomic E-state index is 13.0. The number of amides is 2. The quantitative estimate of drug-likeness (QED) is 0.639. The third-order valence-corrected chi connectivity index (χ3v) is 6.03. The standard InChI is InChI=1S/C21H22N4O2S/c1-16(26)23-10-12-24(13-11-23)21(27)18-6-2-3-7-19(18)28-15-17-14-25-9-5-4-8-20(25)22-17/h2-9,14H,10-13,15H2,1H3. The Kier molecular flexibility index (Phi) is 5.34. The Balaban J connectivity index is 1.46. The van der Waals surface area contributed by atoms with E-state index in [0.29, 0.717) is 37.5 Å². The highest BCUT2D eigenvalue weighted by atomic mass is 32.2. The van der Waals surface area contributed by atoms with Crippen molar-refractivity contribution in [2.24, 2.45) is 0 Å². The first kappa shape index (κ1) is 18.6. The Hall–Kier alpha value is -2.80. The molecule has 1 saturated heterocycles. The van der Waals surface area contributed by atoms with Crippen molar-refractivity contribution in [3.05, 3.63) is 66.1 Å². The summed E-state index contributed by atoms with van der Waals surface area (Å²) in [6.45, 7) is 3.91. The molecule has 144 valence electrons. The van der Waals surface area contributed by atoms with E-state index in [1.807, 2.05) is 64.2 Å². The smallest absolute Gasteiger partial charge is 0.255 e. The lowest BCUT2D eigenvalue weighted by Gasteiger charge is -2.34. The van der Waals surface area contributed by atoms with Gasteiger partial charge in [-0.05, 0) is 24.3 Å². The summed E-state index contributed by atoms with van der Waals surface area (Å²) in [6, 6.07) is 13.6. The van der Waals surface area contributed by atoms with E-state index < -0.39 is 0 Å². The van der Waals surface area contributed by atoms with Gasteiger partial charge in [-0.25, -0.2) is 4.98 Å². The number of carbonyl (C=O) groups is 2. The lowest BCUT2D eigenvalue weighted by molar-refractivity contribution is -0.130. The predicted octanol–water partition coefficient (Wildman–Crippen LogP) is 2.93. The van der Waals surface area contributed by atoms with E-state index in [9.17, 15) is 9.59 Å². The Labute approximate surface area is 168 Å². The van der Waals surface area contributed by atoms with Crippen molar-refractivity contribution in [3.8, 4) is 0 Å². The van der Waals surface area contributed by atoms with Gasteiger partial charge >= 0.3 is 0 Å². The number of fused-ring (bicyclic) bond motifs is 1. The molecule has 0 spiro atoms. The SMILES string of the molecule is CC(=O)N1CCN(C(=O)c2ccccc2SCc2cn3ccccc3n2)CC1. The van der Waals surface area contributed by atoms with E-state index in [1.165, 1.54) is 0 Å². The summed E-state index contributed by atoms with van der Waals surface area (Å²) in [6.07, 6.45) is 4.00. The van der Waals surface area contributed by atoms with Crippen molar-refractivity contribution >= 4 is 29.2 Å². The summed E-state index contributed by atoms with van der Waals surface area (Å²) in [4.78, 5) is 33.7. The zero-order valence-corrected chi connectivity index (χ0v) is 16.6. The van der Waals surface area contributed by atoms with Crippen molar-refractivity contribution in [1.82, 2.24) is 19.2 Å². The lowest BCUT2D eigenvalue weighted by atomic mass is 10.2. The first-order valence-corrected chi connectivity index (χ1v) is 10.3. The van der Waals surface area contributed by atoms with Gasteiger partial charge in [-0.15, -0.1) is 11.8 Å². The number of imidazole rings is 1. The van der Waals surface area contributed by atoms with Gasteiger partial charge < -0.3 is 14.2 Å². The van der Waals surface area contributed by atoms with Crippen LogP contribution >= 0.6 is 11.8 Å². The number of hydrogen-bond donors (Lipinski definition) is 0. The van der Waals surface area contributed by atoms with Crippen LogP contribution in [0.2, 0.25) is 0 Å². The van der Waals surface area contributed by atoms with Crippen LogP contribution < -0.4 is 0 Å². The number of nitrogens with zero attached hydrogens (tertiary/aromatic N) is 4. The van der Waals surface area contributed by atoms with Gasteiger partial charge in [0.1, 0.15) is 5.65 Å². The Morgan fingerprint density at radius 1 is 1.00 bits per heavy atom. The van der Waals surface area contributed by atoms with Crippen LogP contribution in [0.5, 0.6) is 0 Å². The maximum Gasteiger partial charge on any atom is 0.255 e. The first-order chi connectivity index (χ1) is 13.6. The molecule has 0 N–H and O–H groups in total. The summed E-state index contributed by atoms with van der Waals surface area (Å²) < 4.78 is 2.00. The fourth-order valence-corrected chi connectivity index (χ4v) is 4.30.